The van der Waals surface area contributed by atoms with Gasteiger partial charge in [-0.05, 0) is 24.5 Å². The molecule has 1 aromatic heterocycles. The van der Waals surface area contributed by atoms with E-state index in [0.29, 0.717) is 39.1 Å². The number of urea groups is 1. The third kappa shape index (κ3) is 3.75. The molecule has 0 aliphatic carbocycles. The molecule has 0 N–H and O–H groups in total. The van der Waals surface area contributed by atoms with Crippen LogP contribution in [0.3, 0.4) is 0 Å². The average Bonchev–Trinajstić information content (AvgIpc) is 3.21. The number of rotatable bonds is 7. The van der Waals surface area contributed by atoms with Crippen molar-refractivity contribution >= 4 is 28.8 Å². The number of para-hydroxylation sites is 1. The second-order valence-corrected chi connectivity index (χ2v) is 8.48. The zero-order chi connectivity index (χ0) is 22.9. The molecule has 2 aliphatic heterocycles. The Kier molecular flexibility index (Phi) is 6.21. The summed E-state index contributed by atoms with van der Waals surface area (Å²) < 4.78 is 12.0. The maximum absolute atomic E-state index is 13.4. The number of esters is 1. The molecule has 1 aromatic carbocycles. The summed E-state index contributed by atoms with van der Waals surface area (Å²) in [6.07, 6.45) is 3.19. The van der Waals surface area contributed by atoms with E-state index in [0.717, 1.165) is 11.4 Å². The highest BCUT2D eigenvalue weighted by atomic mass is 16.5. The van der Waals surface area contributed by atoms with Crippen molar-refractivity contribution in [2.45, 2.75) is 24.9 Å². The Morgan fingerprint density at radius 3 is 2.53 bits per heavy atom. The van der Waals surface area contributed by atoms with Crippen LogP contribution < -0.4 is 0 Å². The van der Waals surface area contributed by atoms with Crippen LogP contribution in [0.5, 0.6) is 0 Å². The minimum absolute atomic E-state index is 0.308. The molecular weight excluding hydrogens is 412 g/mol. The molecule has 0 radical (unpaired) electrons. The summed E-state index contributed by atoms with van der Waals surface area (Å²) in [6.45, 7) is 2.41. The second kappa shape index (κ2) is 8.91. The normalized spacial score (nSPS) is 18.8. The Bertz CT molecular complexity index is 1020. The zero-order valence-electron chi connectivity index (χ0n) is 18.9. The van der Waals surface area contributed by atoms with E-state index in [9.17, 15) is 14.4 Å². The highest BCUT2D eigenvalue weighted by Gasteiger charge is 2.58. The molecule has 3 heterocycles. The van der Waals surface area contributed by atoms with E-state index in [1.165, 1.54) is 23.6 Å². The van der Waals surface area contributed by atoms with Crippen molar-refractivity contribution in [1.82, 2.24) is 19.3 Å². The van der Waals surface area contributed by atoms with Crippen LogP contribution in [0, 0.1) is 0 Å². The van der Waals surface area contributed by atoms with E-state index in [4.69, 9.17) is 4.74 Å². The van der Waals surface area contributed by atoms with E-state index < -0.39 is 17.5 Å². The number of hydrogen-bond acceptors (Lipinski definition) is 6. The fraction of sp³-hybridized carbons (Fsp3) is 0.522. The first-order valence-electron chi connectivity index (χ1n) is 10.9. The topological polar surface area (TPSA) is 84.3 Å². The van der Waals surface area contributed by atoms with Crippen molar-refractivity contribution in [3.8, 4) is 0 Å². The summed E-state index contributed by atoms with van der Waals surface area (Å²) in [7, 11) is 4.86. The average molecular weight is 443 g/mol. The number of hydrogen-bond donors (Lipinski definition) is 0. The number of amides is 3. The number of fused-ring (bicyclic) bond motifs is 1. The van der Waals surface area contributed by atoms with Gasteiger partial charge in [0, 0.05) is 57.4 Å². The van der Waals surface area contributed by atoms with Crippen molar-refractivity contribution in [2.75, 3.05) is 47.0 Å². The molecule has 2 fully saturated rings. The maximum Gasteiger partial charge on any atom is 0.328 e. The van der Waals surface area contributed by atoms with E-state index in [1.54, 1.807) is 12.0 Å². The van der Waals surface area contributed by atoms with Gasteiger partial charge in [-0.3, -0.25) is 19.4 Å². The van der Waals surface area contributed by atoms with Gasteiger partial charge in [0.15, 0.2) is 0 Å². The van der Waals surface area contributed by atoms with Gasteiger partial charge in [0.05, 0.1) is 13.7 Å². The Morgan fingerprint density at radius 1 is 1.12 bits per heavy atom. The molecule has 9 heteroatoms. The molecule has 3 amide bonds. The SMILES string of the molecule is COCCN1C(=O)N(CC(=O)OC)C(=O)C12CCN(Cc1cn(C)c3ccccc13)CC2. The largest absolute Gasteiger partial charge is 0.468 e. The van der Waals surface area contributed by atoms with Gasteiger partial charge in [0.1, 0.15) is 12.1 Å². The molecule has 9 nitrogen and oxygen atoms in total. The fourth-order valence-corrected chi connectivity index (χ4v) is 4.96. The molecule has 1 spiro atoms. The summed E-state index contributed by atoms with van der Waals surface area (Å²) in [5, 5.41) is 1.23. The first-order valence-corrected chi connectivity index (χ1v) is 10.9. The van der Waals surface area contributed by atoms with Gasteiger partial charge >= 0.3 is 12.0 Å². The third-order valence-electron chi connectivity index (χ3n) is 6.71. The number of likely N-dealkylation sites (tertiary alicyclic amines) is 1. The number of aromatic nitrogens is 1. The fourth-order valence-electron chi connectivity index (χ4n) is 4.96. The number of carbonyl (C=O) groups excluding carboxylic acids is 3. The van der Waals surface area contributed by atoms with Crippen LogP contribution in [0.15, 0.2) is 30.5 Å². The van der Waals surface area contributed by atoms with E-state index >= 15 is 0 Å². The number of ether oxygens (including phenoxy) is 2. The number of piperidine rings is 1. The van der Waals surface area contributed by atoms with Crippen LogP contribution in [0.25, 0.3) is 10.9 Å². The molecule has 32 heavy (non-hydrogen) atoms. The molecule has 4 rings (SSSR count). The predicted octanol–water partition coefficient (Wildman–Crippen LogP) is 1.60. The lowest BCUT2D eigenvalue weighted by molar-refractivity contribution is -0.146. The number of nitrogens with zero attached hydrogens (tertiary/aromatic N) is 4. The van der Waals surface area contributed by atoms with E-state index in [1.807, 2.05) is 19.2 Å². The third-order valence-corrected chi connectivity index (χ3v) is 6.71. The Morgan fingerprint density at radius 2 is 1.84 bits per heavy atom. The highest BCUT2D eigenvalue weighted by molar-refractivity contribution is 6.08. The molecule has 0 unspecified atom stereocenters. The van der Waals surface area contributed by atoms with Crippen LogP contribution in [-0.2, 0) is 32.7 Å². The van der Waals surface area contributed by atoms with Crippen LogP contribution in [0.1, 0.15) is 18.4 Å². The summed E-state index contributed by atoms with van der Waals surface area (Å²) >= 11 is 0. The van der Waals surface area contributed by atoms with E-state index in [2.05, 4.69) is 32.5 Å². The molecule has 0 atom stereocenters. The van der Waals surface area contributed by atoms with Gasteiger partial charge < -0.3 is 18.9 Å². The number of methoxy groups -OCH3 is 2. The van der Waals surface area contributed by atoms with Gasteiger partial charge in [-0.1, -0.05) is 18.2 Å². The van der Waals surface area contributed by atoms with Crippen LogP contribution >= 0.6 is 0 Å². The lowest BCUT2D eigenvalue weighted by atomic mass is 9.85. The molecule has 0 saturated carbocycles. The van der Waals surface area contributed by atoms with Gasteiger partial charge in [-0.15, -0.1) is 0 Å². The molecule has 172 valence electrons. The molecule has 2 aliphatic rings. The van der Waals surface area contributed by atoms with Crippen molar-refractivity contribution in [3.05, 3.63) is 36.0 Å². The van der Waals surface area contributed by atoms with Gasteiger partial charge in [0.25, 0.3) is 5.91 Å². The quantitative estimate of drug-likeness (QED) is 0.478. The van der Waals surface area contributed by atoms with Crippen molar-refractivity contribution in [3.63, 3.8) is 0 Å². The first-order chi connectivity index (χ1) is 15.4. The minimum atomic E-state index is -0.932. The summed E-state index contributed by atoms with van der Waals surface area (Å²) in [6, 6.07) is 7.88. The molecule has 2 aromatic rings. The maximum atomic E-state index is 13.4. The lowest BCUT2D eigenvalue weighted by Gasteiger charge is -2.42. The number of imide groups is 1. The van der Waals surface area contributed by atoms with Gasteiger partial charge in [-0.2, -0.15) is 0 Å². The lowest BCUT2D eigenvalue weighted by Crippen LogP contribution is -2.57. The van der Waals surface area contributed by atoms with Gasteiger partial charge in [0.2, 0.25) is 0 Å². The second-order valence-electron chi connectivity index (χ2n) is 8.48. The monoisotopic (exact) mass is 442 g/mol. The van der Waals surface area contributed by atoms with Crippen molar-refractivity contribution in [1.29, 1.82) is 0 Å². The number of carbonyl (C=O) groups is 3. The van der Waals surface area contributed by atoms with Crippen molar-refractivity contribution < 1.29 is 23.9 Å². The Balaban J connectivity index is 1.51. The van der Waals surface area contributed by atoms with Crippen LogP contribution in [0.2, 0.25) is 0 Å². The smallest absolute Gasteiger partial charge is 0.328 e. The summed E-state index contributed by atoms with van der Waals surface area (Å²) in [4.78, 5) is 43.1. The van der Waals surface area contributed by atoms with Crippen LogP contribution in [-0.4, -0.2) is 89.7 Å². The summed E-state index contributed by atoms with van der Waals surface area (Å²) in [5.41, 5.74) is 1.51. The Labute approximate surface area is 187 Å². The standard InChI is InChI=1S/C23H30N4O5/c1-24-14-17(18-6-4-5-7-19(18)24)15-25-10-8-23(9-11-25)21(29)26(16-20(28)32-3)22(30)27(23)12-13-31-2/h4-7,14H,8-13,15-16H2,1-3H3. The number of aryl methyl sites for hydroxylation is 1. The number of benzene rings is 1. The molecule has 2 saturated heterocycles. The van der Waals surface area contributed by atoms with Crippen molar-refractivity contribution in [2.24, 2.45) is 7.05 Å². The predicted molar refractivity (Wildman–Crippen MR) is 118 cm³/mol. The highest BCUT2D eigenvalue weighted by Crippen LogP contribution is 2.37. The Hall–Kier alpha value is -2.91. The minimum Gasteiger partial charge on any atom is -0.468 e. The zero-order valence-corrected chi connectivity index (χ0v) is 18.9. The van der Waals surface area contributed by atoms with E-state index in [-0.39, 0.29) is 12.5 Å². The van der Waals surface area contributed by atoms with Crippen LogP contribution in [0.4, 0.5) is 4.79 Å². The summed E-state index contributed by atoms with van der Waals surface area (Å²) in [5.74, 6) is -0.919. The first kappa shape index (κ1) is 22.3. The molecular formula is C23H30N4O5. The van der Waals surface area contributed by atoms with Gasteiger partial charge in [-0.25, -0.2) is 4.79 Å². The molecule has 0 bridgehead atoms.